The van der Waals surface area contributed by atoms with E-state index in [0.29, 0.717) is 0 Å². The Morgan fingerprint density at radius 1 is 1.54 bits per heavy atom. The molecule has 3 N–H and O–H groups in total. The van der Waals surface area contributed by atoms with Crippen molar-refractivity contribution in [1.29, 1.82) is 0 Å². The van der Waals surface area contributed by atoms with Gasteiger partial charge in [-0.1, -0.05) is 0 Å². The molecule has 5 heteroatoms. The minimum Gasteiger partial charge on any atom is -0.393 e. The number of benzene rings is 1. The Morgan fingerprint density at radius 3 is 2.62 bits per heavy atom. The fourth-order valence-electron chi connectivity index (χ4n) is 1.15. The van der Waals surface area contributed by atoms with E-state index in [9.17, 15) is 10.1 Å². The molecule has 1 aromatic rings. The summed E-state index contributed by atoms with van der Waals surface area (Å²) in [6.45, 7) is 1.84. The van der Waals surface area contributed by atoms with Gasteiger partial charge in [0.05, 0.1) is 4.92 Å². The van der Waals surface area contributed by atoms with Crippen molar-refractivity contribution in [2.45, 2.75) is 6.92 Å². The summed E-state index contributed by atoms with van der Waals surface area (Å²) >= 11 is 0. The maximum Gasteiger partial charge on any atom is 0.294 e. The highest BCUT2D eigenvalue weighted by molar-refractivity contribution is 5.68. The molecule has 0 unspecified atom stereocenters. The molecule has 0 aliphatic heterocycles. The van der Waals surface area contributed by atoms with Gasteiger partial charge < -0.3 is 11.1 Å². The summed E-state index contributed by atoms with van der Waals surface area (Å²) in [6.07, 6.45) is 0. The molecule has 1 rings (SSSR count). The lowest BCUT2D eigenvalue weighted by atomic mass is 10.1. The second-order valence-electron chi connectivity index (χ2n) is 2.73. The molecule has 1 aromatic carbocycles. The maximum absolute atomic E-state index is 10.5. The van der Waals surface area contributed by atoms with Crippen molar-refractivity contribution in [3.05, 3.63) is 27.8 Å². The molecule has 0 atom stereocenters. The topological polar surface area (TPSA) is 81.2 Å². The Hall–Kier alpha value is -1.78. The summed E-state index contributed by atoms with van der Waals surface area (Å²) in [4.78, 5) is 10.0. The van der Waals surface area contributed by atoms with E-state index in [4.69, 9.17) is 5.73 Å². The van der Waals surface area contributed by atoms with Crippen molar-refractivity contribution >= 4 is 17.1 Å². The summed E-state index contributed by atoms with van der Waals surface area (Å²) in [7, 11) is 1.71. The maximum atomic E-state index is 10.5. The number of rotatable bonds is 2. The van der Waals surface area contributed by atoms with Crippen molar-refractivity contribution in [2.75, 3.05) is 18.1 Å². The third-order valence-corrected chi connectivity index (χ3v) is 1.84. The first kappa shape index (κ1) is 9.31. The van der Waals surface area contributed by atoms with Crippen molar-refractivity contribution in [2.24, 2.45) is 0 Å². The molecule has 0 spiro atoms. The minimum absolute atomic E-state index is 0.0602. The minimum atomic E-state index is -0.490. The number of nitrogens with zero attached hydrogens (tertiary/aromatic N) is 1. The van der Waals surface area contributed by atoms with Crippen LogP contribution in [0.2, 0.25) is 0 Å². The first-order valence-corrected chi connectivity index (χ1v) is 3.78. The van der Waals surface area contributed by atoms with Crippen LogP contribution >= 0.6 is 0 Å². The van der Waals surface area contributed by atoms with E-state index in [1.54, 1.807) is 13.1 Å². The van der Waals surface area contributed by atoms with Crippen LogP contribution in [-0.2, 0) is 0 Å². The summed E-state index contributed by atoms with van der Waals surface area (Å²) in [5, 5.41) is 13.4. The van der Waals surface area contributed by atoms with Crippen molar-refractivity contribution in [3.63, 3.8) is 0 Å². The quantitative estimate of drug-likeness (QED) is 0.412. The Balaban J connectivity index is 3.30. The largest absolute Gasteiger partial charge is 0.393 e. The Bertz CT molecular complexity index is 349. The van der Waals surface area contributed by atoms with E-state index in [-0.39, 0.29) is 11.4 Å². The lowest BCUT2D eigenvalue weighted by Crippen LogP contribution is -1.99. The average molecular weight is 181 g/mol. The lowest BCUT2D eigenvalue weighted by molar-refractivity contribution is -0.383. The molecule has 0 radical (unpaired) electrons. The molecule has 0 amide bonds. The second kappa shape index (κ2) is 3.30. The highest BCUT2D eigenvalue weighted by Gasteiger charge is 2.13. The Morgan fingerprint density at radius 2 is 2.15 bits per heavy atom. The van der Waals surface area contributed by atoms with Gasteiger partial charge in [0.1, 0.15) is 5.69 Å². The molecule has 0 saturated heterocycles. The van der Waals surface area contributed by atoms with Crippen molar-refractivity contribution in [1.82, 2.24) is 0 Å². The van der Waals surface area contributed by atoms with Gasteiger partial charge in [-0.2, -0.15) is 0 Å². The molecule has 0 bridgehead atoms. The normalized spacial score (nSPS) is 9.69. The van der Waals surface area contributed by atoms with Gasteiger partial charge in [-0.05, 0) is 18.6 Å². The fourth-order valence-corrected chi connectivity index (χ4v) is 1.15. The first-order valence-electron chi connectivity index (χ1n) is 3.78. The number of nitrogen functional groups attached to an aromatic ring is 1. The van der Waals surface area contributed by atoms with Crippen LogP contribution < -0.4 is 11.1 Å². The number of nitro groups is 1. The van der Waals surface area contributed by atoms with Gasteiger partial charge in [0.15, 0.2) is 0 Å². The molecule has 0 aliphatic carbocycles. The van der Waals surface area contributed by atoms with Gasteiger partial charge in [-0.3, -0.25) is 10.1 Å². The molecule has 0 fully saturated rings. The fraction of sp³-hybridized carbons (Fsp3) is 0.250. The van der Waals surface area contributed by atoms with Crippen LogP contribution in [0.15, 0.2) is 12.1 Å². The van der Waals surface area contributed by atoms with Crippen LogP contribution in [0, 0.1) is 17.0 Å². The van der Waals surface area contributed by atoms with Crippen LogP contribution in [-0.4, -0.2) is 12.0 Å². The average Bonchev–Trinajstić information content (AvgIpc) is 2.03. The summed E-state index contributed by atoms with van der Waals surface area (Å²) < 4.78 is 0. The Kier molecular flexibility index (Phi) is 2.36. The third-order valence-electron chi connectivity index (χ3n) is 1.84. The van der Waals surface area contributed by atoms with Crippen LogP contribution in [0.25, 0.3) is 0 Å². The van der Waals surface area contributed by atoms with Gasteiger partial charge in [0.2, 0.25) is 0 Å². The van der Waals surface area contributed by atoms with E-state index in [1.807, 2.05) is 6.92 Å². The number of nitrogens with one attached hydrogen (secondary N) is 1. The first-order chi connectivity index (χ1) is 6.06. The molecular formula is C8H11N3O2. The second-order valence-corrected chi connectivity index (χ2v) is 2.73. The van der Waals surface area contributed by atoms with E-state index in [0.717, 1.165) is 11.3 Å². The van der Waals surface area contributed by atoms with Gasteiger partial charge in [0, 0.05) is 18.8 Å². The van der Waals surface area contributed by atoms with Crippen LogP contribution in [0.1, 0.15) is 5.56 Å². The zero-order valence-electron chi connectivity index (χ0n) is 7.50. The highest BCUT2D eigenvalue weighted by atomic mass is 16.6. The van der Waals surface area contributed by atoms with E-state index < -0.39 is 4.92 Å². The van der Waals surface area contributed by atoms with E-state index >= 15 is 0 Å². The molecule has 5 nitrogen and oxygen atoms in total. The smallest absolute Gasteiger partial charge is 0.294 e. The molecule has 70 valence electrons. The number of anilines is 2. The molecule has 13 heavy (non-hydrogen) atoms. The Labute approximate surface area is 75.7 Å². The number of nitrogens with two attached hydrogens (primary N) is 1. The molecule has 0 heterocycles. The predicted octanol–water partition coefficient (Wildman–Crippen LogP) is 1.53. The van der Waals surface area contributed by atoms with Crippen molar-refractivity contribution < 1.29 is 4.92 Å². The zero-order valence-corrected chi connectivity index (χ0v) is 7.50. The molecule has 0 saturated carbocycles. The number of aryl methyl sites for hydroxylation is 1. The number of nitro benzene ring substituents is 1. The highest BCUT2D eigenvalue weighted by Crippen LogP contribution is 2.28. The SMILES string of the molecule is CNc1cc([N+](=O)[O-])c(N)cc1C. The van der Waals surface area contributed by atoms with Gasteiger partial charge >= 0.3 is 0 Å². The standard InChI is InChI=1S/C8H11N3O2/c1-5-3-6(9)8(11(12)13)4-7(5)10-2/h3-4,10H,9H2,1-2H3. The lowest BCUT2D eigenvalue weighted by Gasteiger charge is -2.05. The van der Waals surface area contributed by atoms with Gasteiger partial charge in [-0.25, -0.2) is 0 Å². The molecular weight excluding hydrogens is 170 g/mol. The zero-order chi connectivity index (χ0) is 10.0. The van der Waals surface area contributed by atoms with Gasteiger partial charge in [0.25, 0.3) is 5.69 Å². The summed E-state index contributed by atoms with van der Waals surface area (Å²) in [5.41, 5.74) is 7.23. The number of hydrogen-bond acceptors (Lipinski definition) is 4. The predicted molar refractivity (Wildman–Crippen MR) is 51.8 cm³/mol. The van der Waals surface area contributed by atoms with Crippen molar-refractivity contribution in [3.8, 4) is 0 Å². The number of hydrogen-bond donors (Lipinski definition) is 2. The third kappa shape index (κ3) is 1.69. The van der Waals surface area contributed by atoms with Gasteiger partial charge in [-0.15, -0.1) is 0 Å². The monoisotopic (exact) mass is 181 g/mol. The van der Waals surface area contributed by atoms with Crippen LogP contribution in [0.3, 0.4) is 0 Å². The molecule has 0 aliphatic rings. The summed E-state index contributed by atoms with van der Waals surface area (Å²) in [5.74, 6) is 0. The summed E-state index contributed by atoms with van der Waals surface area (Å²) in [6, 6.07) is 3.02. The van der Waals surface area contributed by atoms with Crippen LogP contribution in [0.5, 0.6) is 0 Å². The van der Waals surface area contributed by atoms with E-state index in [1.165, 1.54) is 6.07 Å². The van der Waals surface area contributed by atoms with Crippen LogP contribution in [0.4, 0.5) is 17.1 Å². The van der Waals surface area contributed by atoms with E-state index in [2.05, 4.69) is 5.32 Å². The molecule has 0 aromatic heterocycles.